The van der Waals surface area contributed by atoms with Crippen molar-refractivity contribution in [3.8, 4) is 0 Å². The molecule has 9 heteroatoms. The lowest BCUT2D eigenvalue weighted by Crippen LogP contribution is -2.18. The van der Waals surface area contributed by atoms with E-state index in [1.54, 1.807) is 6.92 Å². The Morgan fingerprint density at radius 1 is 1.33 bits per heavy atom. The maximum atomic E-state index is 11.7. The molecule has 0 aliphatic carbocycles. The highest BCUT2D eigenvalue weighted by molar-refractivity contribution is 6.04. The summed E-state index contributed by atoms with van der Waals surface area (Å²) in [6.07, 6.45) is 2.49. The van der Waals surface area contributed by atoms with Crippen LogP contribution in [0.2, 0.25) is 0 Å². The zero-order valence-corrected chi connectivity index (χ0v) is 9.21. The number of anilines is 1. The van der Waals surface area contributed by atoms with Crippen LogP contribution in [0.1, 0.15) is 26.9 Å². The lowest BCUT2D eigenvalue weighted by Gasteiger charge is -2.03. The number of hydrogen-bond acceptors (Lipinski definition) is 6. The second-order valence-corrected chi connectivity index (χ2v) is 3.26. The van der Waals surface area contributed by atoms with E-state index in [9.17, 15) is 9.59 Å². The van der Waals surface area contributed by atoms with E-state index in [1.165, 1.54) is 12.4 Å². The highest BCUT2D eigenvalue weighted by Crippen LogP contribution is 2.09. The topological polar surface area (TPSA) is 134 Å². The maximum absolute atomic E-state index is 11.7. The van der Waals surface area contributed by atoms with Gasteiger partial charge in [0, 0.05) is 12.4 Å². The van der Waals surface area contributed by atoms with Gasteiger partial charge >= 0.3 is 5.97 Å². The third-order valence-electron chi connectivity index (χ3n) is 1.93. The van der Waals surface area contributed by atoms with Crippen LogP contribution in [0, 0.1) is 6.92 Å². The molecule has 1 amide bonds. The molecule has 0 saturated heterocycles. The number of aromatic carboxylic acids is 1. The van der Waals surface area contributed by atoms with Crippen molar-refractivity contribution in [3.05, 3.63) is 29.7 Å². The zero-order chi connectivity index (χ0) is 13.1. The Morgan fingerprint density at radius 3 is 2.67 bits per heavy atom. The van der Waals surface area contributed by atoms with Gasteiger partial charge < -0.3 is 10.4 Å². The summed E-state index contributed by atoms with van der Waals surface area (Å²) in [4.78, 5) is 33.7. The summed E-state index contributed by atoms with van der Waals surface area (Å²) in [6, 6.07) is 0. The van der Waals surface area contributed by atoms with E-state index < -0.39 is 11.9 Å². The molecule has 18 heavy (non-hydrogen) atoms. The van der Waals surface area contributed by atoms with Crippen molar-refractivity contribution in [2.75, 3.05) is 5.32 Å². The smallest absolute Gasteiger partial charge is 0.358 e. The summed E-state index contributed by atoms with van der Waals surface area (Å²) in [6.45, 7) is 1.63. The number of aromatic amines is 1. The second-order valence-electron chi connectivity index (χ2n) is 3.26. The van der Waals surface area contributed by atoms with Crippen molar-refractivity contribution < 1.29 is 14.7 Å². The van der Waals surface area contributed by atoms with Crippen LogP contribution in [0.15, 0.2) is 12.4 Å². The van der Waals surface area contributed by atoms with E-state index in [1.807, 2.05) is 0 Å². The van der Waals surface area contributed by atoms with Gasteiger partial charge in [-0.05, 0) is 6.92 Å². The molecule has 0 aliphatic heterocycles. The summed E-state index contributed by atoms with van der Waals surface area (Å²) in [5, 5.41) is 17.3. The minimum Gasteiger partial charge on any atom is -0.476 e. The molecule has 2 aromatic heterocycles. The molecule has 9 nitrogen and oxygen atoms in total. The number of H-pyrrole nitrogens is 1. The first kappa shape index (κ1) is 11.6. The number of amides is 1. The Hall–Kier alpha value is -2.84. The summed E-state index contributed by atoms with van der Waals surface area (Å²) in [5.41, 5.74) is -0.349. The first-order chi connectivity index (χ1) is 8.58. The van der Waals surface area contributed by atoms with Gasteiger partial charge in [0.2, 0.25) is 5.82 Å². The number of carbonyl (C=O) groups is 2. The Kier molecular flexibility index (Phi) is 2.96. The molecular weight excluding hydrogens is 240 g/mol. The van der Waals surface area contributed by atoms with Gasteiger partial charge in [-0.3, -0.25) is 9.89 Å². The molecule has 0 aromatic carbocycles. The number of aromatic nitrogens is 5. The Bertz CT molecular complexity index is 608. The van der Waals surface area contributed by atoms with Crippen LogP contribution in [-0.2, 0) is 0 Å². The van der Waals surface area contributed by atoms with E-state index in [-0.39, 0.29) is 17.3 Å². The number of hydrogen-bond donors (Lipinski definition) is 3. The van der Waals surface area contributed by atoms with E-state index in [4.69, 9.17) is 5.11 Å². The van der Waals surface area contributed by atoms with Crippen molar-refractivity contribution in [2.45, 2.75) is 6.92 Å². The standard InChI is InChI=1S/C9H8N6O3/c1-4-12-7(15-14-4)8(16)13-6-5(9(17)18)10-2-3-11-6/h2-3H,1H3,(H,17,18)(H,11,13,16)(H,12,14,15). The molecule has 0 saturated carbocycles. The highest BCUT2D eigenvalue weighted by atomic mass is 16.4. The molecule has 0 fully saturated rings. The van der Waals surface area contributed by atoms with Gasteiger partial charge in [-0.25, -0.2) is 19.7 Å². The average Bonchev–Trinajstić information content (AvgIpc) is 2.76. The number of aryl methyl sites for hydroxylation is 1. The number of nitrogens with zero attached hydrogens (tertiary/aromatic N) is 4. The molecule has 92 valence electrons. The Morgan fingerprint density at radius 2 is 2.06 bits per heavy atom. The van der Waals surface area contributed by atoms with Gasteiger partial charge in [0.1, 0.15) is 5.82 Å². The summed E-state index contributed by atoms with van der Waals surface area (Å²) >= 11 is 0. The van der Waals surface area contributed by atoms with Crippen LogP contribution in [0.25, 0.3) is 0 Å². The lowest BCUT2D eigenvalue weighted by atomic mass is 10.4. The van der Waals surface area contributed by atoms with Crippen molar-refractivity contribution >= 4 is 17.7 Å². The molecule has 0 unspecified atom stereocenters. The Balaban J connectivity index is 2.24. The zero-order valence-electron chi connectivity index (χ0n) is 9.21. The number of rotatable bonds is 3. The van der Waals surface area contributed by atoms with Crippen molar-refractivity contribution in [1.82, 2.24) is 25.1 Å². The van der Waals surface area contributed by atoms with Crippen molar-refractivity contribution in [1.29, 1.82) is 0 Å². The minimum atomic E-state index is -1.29. The lowest BCUT2D eigenvalue weighted by molar-refractivity contribution is 0.0691. The van der Waals surface area contributed by atoms with Gasteiger partial charge in [0.15, 0.2) is 11.5 Å². The van der Waals surface area contributed by atoms with Crippen molar-refractivity contribution in [2.24, 2.45) is 0 Å². The molecule has 3 N–H and O–H groups in total. The highest BCUT2D eigenvalue weighted by Gasteiger charge is 2.18. The normalized spacial score (nSPS) is 10.1. The van der Waals surface area contributed by atoms with Crippen LogP contribution in [0.3, 0.4) is 0 Å². The predicted molar refractivity (Wildman–Crippen MR) is 58.1 cm³/mol. The SMILES string of the molecule is Cc1nc(C(=O)Nc2nccnc2C(=O)O)n[nH]1. The number of nitrogens with one attached hydrogen (secondary N) is 2. The molecule has 2 aromatic rings. The molecular formula is C9H8N6O3. The average molecular weight is 248 g/mol. The van der Waals surface area contributed by atoms with Gasteiger partial charge in [-0.15, -0.1) is 5.10 Å². The van der Waals surface area contributed by atoms with Crippen LogP contribution in [0.5, 0.6) is 0 Å². The molecule has 2 heterocycles. The van der Waals surface area contributed by atoms with Gasteiger partial charge in [-0.1, -0.05) is 0 Å². The fourth-order valence-corrected chi connectivity index (χ4v) is 1.19. The largest absolute Gasteiger partial charge is 0.476 e. The Labute approximate surface area is 100 Å². The fraction of sp³-hybridized carbons (Fsp3) is 0.111. The third kappa shape index (κ3) is 2.29. The van der Waals surface area contributed by atoms with Crippen LogP contribution >= 0.6 is 0 Å². The van der Waals surface area contributed by atoms with Crippen LogP contribution in [0.4, 0.5) is 5.82 Å². The van der Waals surface area contributed by atoms with Crippen LogP contribution < -0.4 is 5.32 Å². The maximum Gasteiger partial charge on any atom is 0.358 e. The van der Waals surface area contributed by atoms with Gasteiger partial charge in [-0.2, -0.15) is 0 Å². The molecule has 0 bridgehead atoms. The van der Waals surface area contributed by atoms with E-state index in [0.29, 0.717) is 5.82 Å². The summed E-state index contributed by atoms with van der Waals surface area (Å²) in [5.74, 6) is -1.74. The van der Waals surface area contributed by atoms with Crippen molar-refractivity contribution in [3.63, 3.8) is 0 Å². The molecule has 0 atom stereocenters. The second kappa shape index (κ2) is 4.57. The quantitative estimate of drug-likeness (QED) is 0.687. The van der Waals surface area contributed by atoms with E-state index in [2.05, 4.69) is 30.5 Å². The first-order valence-corrected chi connectivity index (χ1v) is 4.82. The first-order valence-electron chi connectivity index (χ1n) is 4.82. The summed E-state index contributed by atoms with van der Waals surface area (Å²) in [7, 11) is 0. The monoisotopic (exact) mass is 248 g/mol. The molecule has 0 spiro atoms. The molecule has 2 rings (SSSR count). The number of carboxylic acids is 1. The predicted octanol–water partition coefficient (Wildman–Crippen LogP) is -0.146. The summed E-state index contributed by atoms with van der Waals surface area (Å²) < 4.78 is 0. The number of carboxylic acid groups (broad SMARTS) is 1. The number of carbonyl (C=O) groups excluding carboxylic acids is 1. The van der Waals surface area contributed by atoms with E-state index in [0.717, 1.165) is 0 Å². The van der Waals surface area contributed by atoms with E-state index >= 15 is 0 Å². The molecule has 0 radical (unpaired) electrons. The van der Waals surface area contributed by atoms with Gasteiger partial charge in [0.25, 0.3) is 5.91 Å². The fourth-order valence-electron chi connectivity index (χ4n) is 1.19. The third-order valence-corrected chi connectivity index (χ3v) is 1.93. The molecule has 0 aliphatic rings. The van der Waals surface area contributed by atoms with Gasteiger partial charge in [0.05, 0.1) is 0 Å². The minimum absolute atomic E-state index is 0.102. The van der Waals surface area contributed by atoms with Crippen LogP contribution in [-0.4, -0.2) is 42.1 Å².